The SMILES string of the molecule is CCOP(=S)(OCC)Sc1n[nH]c(CCCCc2nc(SP(=S)(OCC)OCC)n[nH]2)n1. The molecule has 0 atom stereocenters. The summed E-state index contributed by atoms with van der Waals surface area (Å²) in [7, 11) is 0. The van der Waals surface area contributed by atoms with E-state index in [1.54, 1.807) is 0 Å². The first kappa shape index (κ1) is 28.4. The van der Waals surface area contributed by atoms with Crippen molar-refractivity contribution in [1.29, 1.82) is 0 Å². The van der Waals surface area contributed by atoms with Gasteiger partial charge in [-0.3, -0.25) is 10.2 Å². The van der Waals surface area contributed by atoms with E-state index < -0.39 is 11.4 Å². The Morgan fingerprint density at radius 2 is 1.03 bits per heavy atom. The molecule has 0 unspecified atom stereocenters. The number of nitrogens with zero attached hydrogens (tertiary/aromatic N) is 4. The van der Waals surface area contributed by atoms with Crippen LogP contribution in [0.1, 0.15) is 52.2 Å². The molecule has 0 aliphatic rings. The number of aryl methyl sites for hydroxylation is 2. The van der Waals surface area contributed by atoms with Crippen molar-refractivity contribution in [1.82, 2.24) is 30.4 Å². The van der Waals surface area contributed by atoms with Gasteiger partial charge >= 0.3 is 0 Å². The standard InChI is InChI=1S/C16H30N6O4P2S4/c1-5-23-27(29,24-6-2)31-15-17-13(19-21-15)11-9-10-12-14-18-16(22-20-14)32-28(30,25-7-3)26-8-4/h5-12H2,1-4H3,(H,17,19,21)(H,18,20,22). The van der Waals surface area contributed by atoms with Gasteiger partial charge in [0.05, 0.1) is 26.4 Å². The molecule has 0 aliphatic heterocycles. The Morgan fingerprint density at radius 1 is 0.688 bits per heavy atom. The molecule has 0 amide bonds. The normalized spacial score (nSPS) is 12.5. The van der Waals surface area contributed by atoms with Crippen LogP contribution in [0, 0.1) is 0 Å². The smallest absolute Gasteiger partial charge is 0.255 e. The molecule has 0 bridgehead atoms. The number of unbranched alkanes of at least 4 members (excludes halogenated alkanes) is 1. The lowest BCUT2D eigenvalue weighted by Gasteiger charge is -2.17. The lowest BCUT2D eigenvalue weighted by atomic mass is 10.2. The lowest BCUT2D eigenvalue weighted by molar-refractivity contribution is 0.280. The van der Waals surface area contributed by atoms with Gasteiger partial charge in [0.25, 0.3) is 11.4 Å². The molecule has 0 aliphatic carbocycles. The summed E-state index contributed by atoms with van der Waals surface area (Å²) in [6, 6.07) is 0. The molecular weight excluding hydrogens is 530 g/mol. The molecule has 2 aromatic heterocycles. The highest BCUT2D eigenvalue weighted by Gasteiger charge is 2.24. The van der Waals surface area contributed by atoms with Gasteiger partial charge in [0.2, 0.25) is 10.3 Å². The summed E-state index contributed by atoms with van der Waals surface area (Å²) in [5.74, 6) is 1.62. The fraction of sp³-hybridized carbons (Fsp3) is 0.750. The molecule has 2 N–H and O–H groups in total. The van der Waals surface area contributed by atoms with Gasteiger partial charge in [0.15, 0.2) is 0 Å². The van der Waals surface area contributed by atoms with Gasteiger partial charge in [-0.05, 0) is 64.2 Å². The van der Waals surface area contributed by atoms with Gasteiger partial charge in [0.1, 0.15) is 11.6 Å². The van der Waals surface area contributed by atoms with Gasteiger partial charge < -0.3 is 18.1 Å². The Balaban J connectivity index is 1.79. The van der Waals surface area contributed by atoms with Gasteiger partial charge in [-0.25, -0.2) is 9.97 Å². The Hall–Kier alpha value is 0.120. The van der Waals surface area contributed by atoms with E-state index in [-0.39, 0.29) is 0 Å². The molecule has 0 saturated heterocycles. The summed E-state index contributed by atoms with van der Waals surface area (Å²) in [5.41, 5.74) is -4.92. The fourth-order valence-electron chi connectivity index (χ4n) is 2.46. The number of H-pyrrole nitrogens is 2. The number of aromatic amines is 2. The molecule has 2 rings (SSSR count). The van der Waals surface area contributed by atoms with E-state index >= 15 is 0 Å². The molecule has 0 fully saturated rings. The van der Waals surface area contributed by atoms with E-state index in [9.17, 15) is 0 Å². The van der Waals surface area contributed by atoms with Crippen molar-refractivity contribution in [3.05, 3.63) is 11.6 Å². The Morgan fingerprint density at radius 3 is 1.34 bits per heavy atom. The molecule has 0 spiro atoms. The first-order valence-corrected chi connectivity index (χ1v) is 18.5. The summed E-state index contributed by atoms with van der Waals surface area (Å²) in [4.78, 5) is 9.01. The highest BCUT2D eigenvalue weighted by atomic mass is 32.9. The summed E-state index contributed by atoms with van der Waals surface area (Å²) in [5, 5.41) is 15.5. The number of hydrogen-bond acceptors (Lipinski definition) is 12. The molecule has 0 radical (unpaired) electrons. The van der Waals surface area contributed by atoms with Crippen LogP contribution in [-0.2, 0) is 54.6 Å². The second-order valence-corrected chi connectivity index (χ2v) is 18.3. The molecular formula is C16H30N6O4P2S4. The predicted molar refractivity (Wildman–Crippen MR) is 136 cm³/mol. The second-order valence-electron chi connectivity index (χ2n) is 6.08. The minimum absolute atomic E-state index is 0.496. The highest BCUT2D eigenvalue weighted by molar-refractivity contribution is 8.68. The fourth-order valence-corrected chi connectivity index (χ4v) is 11.0. The topological polar surface area (TPSA) is 120 Å². The Labute approximate surface area is 207 Å². The van der Waals surface area contributed by atoms with Crippen LogP contribution in [0.2, 0.25) is 0 Å². The third-order valence-corrected chi connectivity index (χ3v) is 13.3. The van der Waals surface area contributed by atoms with Crippen molar-refractivity contribution in [2.45, 2.75) is 63.7 Å². The van der Waals surface area contributed by atoms with Crippen molar-refractivity contribution in [2.24, 2.45) is 0 Å². The molecule has 2 heterocycles. The predicted octanol–water partition coefficient (Wildman–Crippen LogP) is 5.27. The van der Waals surface area contributed by atoms with Crippen LogP contribution in [0.3, 0.4) is 0 Å². The minimum atomic E-state index is -2.46. The van der Waals surface area contributed by atoms with Crippen molar-refractivity contribution in [3.63, 3.8) is 0 Å². The van der Waals surface area contributed by atoms with Crippen LogP contribution >= 0.6 is 34.2 Å². The van der Waals surface area contributed by atoms with Crippen molar-refractivity contribution >= 4 is 57.8 Å². The minimum Gasteiger partial charge on any atom is -0.322 e. The quantitative estimate of drug-likeness (QED) is 0.194. The van der Waals surface area contributed by atoms with E-state index in [2.05, 4.69) is 30.4 Å². The molecule has 32 heavy (non-hydrogen) atoms. The maximum absolute atomic E-state index is 5.62. The first-order chi connectivity index (χ1) is 15.3. The molecule has 10 nitrogen and oxygen atoms in total. The zero-order valence-electron chi connectivity index (χ0n) is 18.6. The average molecular weight is 561 g/mol. The Kier molecular flexibility index (Phi) is 12.9. The molecule has 182 valence electrons. The summed E-state index contributed by atoms with van der Waals surface area (Å²) >= 11 is 13.6. The summed E-state index contributed by atoms with van der Waals surface area (Å²) in [6.45, 7) is 9.57. The van der Waals surface area contributed by atoms with Crippen LogP contribution in [0.4, 0.5) is 0 Å². The summed E-state index contributed by atoms with van der Waals surface area (Å²) in [6.07, 6.45) is 3.38. The van der Waals surface area contributed by atoms with Crippen LogP contribution in [-0.4, -0.2) is 56.8 Å². The van der Waals surface area contributed by atoms with Crippen molar-refractivity contribution in [2.75, 3.05) is 26.4 Å². The van der Waals surface area contributed by atoms with Crippen LogP contribution < -0.4 is 0 Å². The zero-order chi connectivity index (χ0) is 23.5. The molecule has 16 heteroatoms. The van der Waals surface area contributed by atoms with Crippen LogP contribution in [0.25, 0.3) is 0 Å². The largest absolute Gasteiger partial charge is 0.322 e. The van der Waals surface area contributed by atoms with Crippen LogP contribution in [0.5, 0.6) is 0 Å². The van der Waals surface area contributed by atoms with Gasteiger partial charge in [-0.15, -0.1) is 10.2 Å². The van der Waals surface area contributed by atoms with Gasteiger partial charge in [-0.2, -0.15) is 0 Å². The zero-order valence-corrected chi connectivity index (χ0v) is 23.7. The number of nitrogens with one attached hydrogen (secondary N) is 2. The number of hydrogen-bond donors (Lipinski definition) is 2. The lowest BCUT2D eigenvalue weighted by Crippen LogP contribution is -1.94. The van der Waals surface area contributed by atoms with E-state index in [1.807, 2.05) is 27.7 Å². The van der Waals surface area contributed by atoms with E-state index in [0.29, 0.717) is 36.7 Å². The molecule has 0 aromatic carbocycles. The van der Waals surface area contributed by atoms with Gasteiger partial charge in [0, 0.05) is 35.6 Å². The van der Waals surface area contributed by atoms with Crippen molar-refractivity contribution < 1.29 is 18.1 Å². The average Bonchev–Trinajstić information content (AvgIpc) is 3.35. The Bertz CT molecular complexity index is 822. The maximum Gasteiger partial charge on any atom is 0.255 e. The van der Waals surface area contributed by atoms with E-state index in [0.717, 1.165) is 37.3 Å². The first-order valence-electron chi connectivity index (χ1n) is 10.3. The third-order valence-electron chi connectivity index (χ3n) is 3.64. The number of aromatic nitrogens is 6. The maximum atomic E-state index is 5.62. The van der Waals surface area contributed by atoms with Crippen molar-refractivity contribution in [3.8, 4) is 0 Å². The van der Waals surface area contributed by atoms with E-state index in [1.165, 1.54) is 22.8 Å². The molecule has 2 aromatic rings. The van der Waals surface area contributed by atoms with Crippen LogP contribution in [0.15, 0.2) is 10.3 Å². The number of rotatable bonds is 17. The second kappa shape index (κ2) is 14.5. The van der Waals surface area contributed by atoms with Gasteiger partial charge in [-0.1, -0.05) is 0 Å². The summed E-state index contributed by atoms with van der Waals surface area (Å²) < 4.78 is 22.5. The van der Waals surface area contributed by atoms with E-state index in [4.69, 9.17) is 41.7 Å². The highest BCUT2D eigenvalue weighted by Crippen LogP contribution is 2.63. The molecule has 0 saturated carbocycles. The third kappa shape index (κ3) is 9.77. The monoisotopic (exact) mass is 560 g/mol.